The molecule has 0 amide bonds. The molecule has 2 aromatic carbocycles. The summed E-state index contributed by atoms with van der Waals surface area (Å²) in [6.07, 6.45) is 10.3. The van der Waals surface area contributed by atoms with E-state index in [0.717, 1.165) is 12.5 Å². The molecule has 0 radical (unpaired) electrons. The molecular weight excluding hydrogens is 370 g/mol. The fourth-order valence-corrected chi connectivity index (χ4v) is 5.04. The van der Waals surface area contributed by atoms with E-state index in [2.05, 4.69) is 60.2 Å². The van der Waals surface area contributed by atoms with Crippen molar-refractivity contribution in [3.63, 3.8) is 0 Å². The lowest BCUT2D eigenvalue weighted by molar-refractivity contribution is -0.143. The average Bonchev–Trinajstić information content (AvgIpc) is 3.11. The molecule has 0 bridgehead atoms. The Bertz CT molecular complexity index is 1010. The number of aryl methyl sites for hydroxylation is 2. The minimum absolute atomic E-state index is 0.121. The molecule has 0 aliphatic heterocycles. The highest BCUT2D eigenvalue weighted by atomic mass is 16.5. The van der Waals surface area contributed by atoms with E-state index in [1.807, 2.05) is 6.92 Å². The van der Waals surface area contributed by atoms with E-state index in [4.69, 9.17) is 4.74 Å². The third-order valence-electron chi connectivity index (χ3n) is 6.50. The van der Waals surface area contributed by atoms with Gasteiger partial charge in [-0.1, -0.05) is 55.7 Å². The summed E-state index contributed by atoms with van der Waals surface area (Å²) in [6.45, 7) is 5.58. The van der Waals surface area contributed by atoms with E-state index in [1.54, 1.807) is 0 Å². The predicted octanol–water partition coefficient (Wildman–Crippen LogP) is 6.69. The Morgan fingerprint density at radius 3 is 2.67 bits per heavy atom. The van der Waals surface area contributed by atoms with Crippen LogP contribution in [0, 0.1) is 12.8 Å². The van der Waals surface area contributed by atoms with Gasteiger partial charge >= 0.3 is 5.97 Å². The van der Waals surface area contributed by atoms with E-state index in [1.165, 1.54) is 65.3 Å². The van der Waals surface area contributed by atoms with Crippen molar-refractivity contribution in [1.82, 2.24) is 4.57 Å². The van der Waals surface area contributed by atoms with Crippen LogP contribution >= 0.6 is 0 Å². The van der Waals surface area contributed by atoms with Crippen molar-refractivity contribution in [1.29, 1.82) is 0 Å². The maximum Gasteiger partial charge on any atom is 0.306 e. The number of hydrogen-bond acceptors (Lipinski definition) is 2. The predicted molar refractivity (Wildman–Crippen MR) is 124 cm³/mol. The van der Waals surface area contributed by atoms with Crippen LogP contribution in [0.25, 0.3) is 22.0 Å². The van der Waals surface area contributed by atoms with E-state index in [0.29, 0.717) is 19.4 Å². The van der Waals surface area contributed by atoms with Crippen molar-refractivity contribution in [3.8, 4) is 11.1 Å². The quantitative estimate of drug-likeness (QED) is 0.411. The van der Waals surface area contributed by atoms with Gasteiger partial charge in [-0.15, -0.1) is 0 Å². The lowest BCUT2D eigenvalue weighted by atomic mass is 9.89. The maximum atomic E-state index is 12.0. The normalized spacial score (nSPS) is 14.9. The number of esters is 1. The monoisotopic (exact) mass is 403 g/mol. The number of aromatic nitrogens is 1. The first-order valence-electron chi connectivity index (χ1n) is 11.5. The topological polar surface area (TPSA) is 31.2 Å². The molecule has 0 N–H and O–H groups in total. The van der Waals surface area contributed by atoms with Crippen molar-refractivity contribution in [2.24, 2.45) is 5.92 Å². The summed E-state index contributed by atoms with van der Waals surface area (Å²) in [5.41, 5.74) is 6.37. The zero-order valence-corrected chi connectivity index (χ0v) is 18.3. The third kappa shape index (κ3) is 4.45. The number of hydrogen-bond donors (Lipinski definition) is 0. The van der Waals surface area contributed by atoms with Gasteiger partial charge in [0.2, 0.25) is 0 Å². The maximum absolute atomic E-state index is 12.0. The molecular formula is C27H33NO2. The summed E-state index contributed by atoms with van der Waals surface area (Å²) >= 11 is 0. The molecule has 3 nitrogen and oxygen atoms in total. The molecule has 1 aromatic heterocycles. The van der Waals surface area contributed by atoms with Gasteiger partial charge < -0.3 is 9.30 Å². The number of carbonyl (C=O) groups excluding carboxylic acids is 1. The zero-order valence-electron chi connectivity index (χ0n) is 18.3. The zero-order chi connectivity index (χ0) is 20.9. The van der Waals surface area contributed by atoms with Crippen LogP contribution in [0.5, 0.6) is 0 Å². The van der Waals surface area contributed by atoms with E-state index in [-0.39, 0.29) is 5.97 Å². The highest BCUT2D eigenvalue weighted by molar-refractivity contribution is 5.97. The van der Waals surface area contributed by atoms with Crippen LogP contribution in [-0.4, -0.2) is 17.1 Å². The molecule has 3 aromatic rings. The molecule has 0 unspecified atom stereocenters. The van der Waals surface area contributed by atoms with Crippen LogP contribution in [0.1, 0.15) is 56.6 Å². The van der Waals surface area contributed by atoms with Gasteiger partial charge in [-0.3, -0.25) is 4.79 Å². The SMILES string of the molecule is CCOC(=O)CCc1cccc(C)c1-c1cn(CC2CCCCC2)c2ccccc12. The highest BCUT2D eigenvalue weighted by Gasteiger charge is 2.19. The number of benzene rings is 2. The second-order valence-corrected chi connectivity index (χ2v) is 8.63. The first-order chi connectivity index (χ1) is 14.7. The Labute approximate surface area is 180 Å². The Kier molecular flexibility index (Phi) is 6.56. The molecule has 1 heterocycles. The van der Waals surface area contributed by atoms with Crippen molar-refractivity contribution in [3.05, 3.63) is 59.8 Å². The number of fused-ring (bicyclic) bond motifs is 1. The average molecular weight is 404 g/mol. The first-order valence-corrected chi connectivity index (χ1v) is 11.5. The summed E-state index contributed by atoms with van der Waals surface area (Å²) in [6, 6.07) is 15.2. The van der Waals surface area contributed by atoms with Crippen molar-refractivity contribution in [2.75, 3.05) is 6.61 Å². The van der Waals surface area contributed by atoms with E-state index >= 15 is 0 Å². The van der Waals surface area contributed by atoms with Crippen LogP contribution in [-0.2, 0) is 22.5 Å². The molecule has 158 valence electrons. The lowest BCUT2D eigenvalue weighted by Crippen LogP contribution is -2.13. The van der Waals surface area contributed by atoms with E-state index < -0.39 is 0 Å². The van der Waals surface area contributed by atoms with Gasteiger partial charge in [0, 0.05) is 35.6 Å². The van der Waals surface area contributed by atoms with Crippen LogP contribution < -0.4 is 0 Å². The molecule has 3 heteroatoms. The molecule has 1 fully saturated rings. The standard InChI is InChI=1S/C27H33NO2/c1-3-30-26(29)17-16-22-13-9-10-20(2)27(22)24-19-28(18-21-11-5-4-6-12-21)25-15-8-7-14-23(24)25/h7-10,13-15,19,21H,3-6,11-12,16-18H2,1-2H3. The van der Waals surface area contributed by atoms with Crippen molar-refractivity contribution in [2.45, 2.75) is 65.3 Å². The van der Waals surface area contributed by atoms with Crippen molar-refractivity contribution >= 4 is 16.9 Å². The van der Waals surface area contributed by atoms with Gasteiger partial charge in [-0.05, 0) is 61.8 Å². The summed E-state index contributed by atoms with van der Waals surface area (Å²) in [5.74, 6) is 0.659. The molecule has 0 atom stereocenters. The Balaban J connectivity index is 1.71. The number of para-hydroxylation sites is 1. The number of ether oxygens (including phenoxy) is 1. The summed E-state index contributed by atoms with van der Waals surface area (Å²) in [7, 11) is 0. The summed E-state index contributed by atoms with van der Waals surface area (Å²) in [4.78, 5) is 12.0. The third-order valence-corrected chi connectivity index (χ3v) is 6.50. The summed E-state index contributed by atoms with van der Waals surface area (Å²) < 4.78 is 7.63. The van der Waals surface area contributed by atoms with Gasteiger partial charge in [0.05, 0.1) is 6.61 Å². The highest BCUT2D eigenvalue weighted by Crippen LogP contribution is 2.37. The van der Waals surface area contributed by atoms with Crippen LogP contribution in [0.15, 0.2) is 48.7 Å². The lowest BCUT2D eigenvalue weighted by Gasteiger charge is -2.22. The number of rotatable bonds is 7. The second-order valence-electron chi connectivity index (χ2n) is 8.63. The van der Waals surface area contributed by atoms with Crippen LogP contribution in [0.3, 0.4) is 0 Å². The fourth-order valence-electron chi connectivity index (χ4n) is 5.04. The van der Waals surface area contributed by atoms with Crippen LogP contribution in [0.4, 0.5) is 0 Å². The first kappa shape index (κ1) is 20.7. The van der Waals surface area contributed by atoms with Crippen molar-refractivity contribution < 1.29 is 9.53 Å². The largest absolute Gasteiger partial charge is 0.466 e. The minimum atomic E-state index is -0.121. The van der Waals surface area contributed by atoms with Crippen LogP contribution in [0.2, 0.25) is 0 Å². The molecule has 30 heavy (non-hydrogen) atoms. The second kappa shape index (κ2) is 9.51. The molecule has 1 aliphatic carbocycles. The van der Waals surface area contributed by atoms with Gasteiger partial charge in [0.25, 0.3) is 0 Å². The summed E-state index contributed by atoms with van der Waals surface area (Å²) in [5, 5.41) is 1.31. The number of carbonyl (C=O) groups is 1. The minimum Gasteiger partial charge on any atom is -0.466 e. The van der Waals surface area contributed by atoms with Gasteiger partial charge in [0.1, 0.15) is 0 Å². The Hall–Kier alpha value is -2.55. The molecule has 1 saturated carbocycles. The Morgan fingerprint density at radius 2 is 1.87 bits per heavy atom. The molecule has 0 spiro atoms. The molecule has 4 rings (SSSR count). The smallest absolute Gasteiger partial charge is 0.306 e. The molecule has 1 aliphatic rings. The van der Waals surface area contributed by atoms with Gasteiger partial charge in [-0.25, -0.2) is 0 Å². The van der Waals surface area contributed by atoms with E-state index in [9.17, 15) is 4.79 Å². The fraction of sp³-hybridized carbons (Fsp3) is 0.444. The molecule has 0 saturated heterocycles. The Morgan fingerprint density at radius 1 is 1.07 bits per heavy atom. The van der Waals surface area contributed by atoms with Gasteiger partial charge in [-0.2, -0.15) is 0 Å². The van der Waals surface area contributed by atoms with Gasteiger partial charge in [0.15, 0.2) is 0 Å². The number of nitrogens with zero attached hydrogens (tertiary/aromatic N) is 1.